The molecule has 2 unspecified atom stereocenters. The van der Waals surface area contributed by atoms with Crippen LogP contribution in [-0.2, 0) is 9.54 Å². The minimum atomic E-state index is -0.830. The molecule has 0 N–H and O–H groups in total. The van der Waals surface area contributed by atoms with Crippen LogP contribution in [0.15, 0.2) is 91.0 Å². The quantitative estimate of drug-likeness (QED) is 0.566. The zero-order valence-electron chi connectivity index (χ0n) is 15.9. The lowest BCUT2D eigenvalue weighted by molar-refractivity contribution is -0.106. The summed E-state index contributed by atoms with van der Waals surface area (Å²) < 4.78 is 4.44. The Labute approximate surface area is 174 Å². The van der Waals surface area contributed by atoms with Gasteiger partial charge in [0.25, 0.3) is 0 Å². The maximum atomic E-state index is 12.7. The standard InChI is InChI=1S/C25H19NO2S/c1-28-21-14-12-19(13-15-21)23(17-26)25(20-10-6-3-7-11-20)22(16-24(27)29-25)18-8-4-2-5-9-18/h2-16,23H,1H3. The Morgan fingerprint density at radius 1 is 0.931 bits per heavy atom. The second kappa shape index (κ2) is 7.98. The van der Waals surface area contributed by atoms with Gasteiger partial charge in [0.1, 0.15) is 5.75 Å². The van der Waals surface area contributed by atoms with E-state index in [9.17, 15) is 10.1 Å². The molecule has 29 heavy (non-hydrogen) atoms. The van der Waals surface area contributed by atoms with Gasteiger partial charge in [-0.2, -0.15) is 5.26 Å². The molecule has 2 atom stereocenters. The normalized spacial score (nSPS) is 19.3. The van der Waals surface area contributed by atoms with Crippen molar-refractivity contribution in [3.8, 4) is 11.8 Å². The van der Waals surface area contributed by atoms with Crippen LogP contribution in [0.3, 0.4) is 0 Å². The SMILES string of the molecule is COc1ccc(C(C#N)C2(c3ccccc3)SC(=O)C=C2c2ccccc2)cc1. The maximum Gasteiger partial charge on any atom is 0.213 e. The number of methoxy groups -OCH3 is 1. The molecule has 1 aliphatic rings. The van der Waals surface area contributed by atoms with Crippen molar-refractivity contribution in [3.05, 3.63) is 108 Å². The second-order valence-corrected chi connectivity index (χ2v) is 8.03. The Hall–Kier alpha value is -3.29. The first kappa shape index (κ1) is 19.0. The van der Waals surface area contributed by atoms with Gasteiger partial charge < -0.3 is 4.74 Å². The number of rotatable bonds is 5. The fraction of sp³-hybridized carbons (Fsp3) is 0.120. The summed E-state index contributed by atoms with van der Waals surface area (Å²) in [5.41, 5.74) is 3.60. The molecule has 4 rings (SSSR count). The van der Waals surface area contributed by atoms with Crippen LogP contribution >= 0.6 is 11.8 Å². The molecule has 0 radical (unpaired) electrons. The number of ether oxygens (including phenoxy) is 1. The van der Waals surface area contributed by atoms with Gasteiger partial charge in [0.15, 0.2) is 0 Å². The number of hydrogen-bond donors (Lipinski definition) is 0. The summed E-state index contributed by atoms with van der Waals surface area (Å²) in [7, 11) is 1.62. The minimum absolute atomic E-state index is 0.0403. The fourth-order valence-corrected chi connectivity index (χ4v) is 5.20. The Morgan fingerprint density at radius 3 is 2.14 bits per heavy atom. The van der Waals surface area contributed by atoms with E-state index in [-0.39, 0.29) is 5.12 Å². The Bertz CT molecular complexity index is 1090. The third-order valence-electron chi connectivity index (χ3n) is 5.20. The summed E-state index contributed by atoms with van der Waals surface area (Å²) in [6, 6.07) is 29.7. The zero-order chi connectivity index (χ0) is 20.3. The lowest BCUT2D eigenvalue weighted by Crippen LogP contribution is -2.30. The number of nitrogens with zero attached hydrogens (tertiary/aromatic N) is 1. The summed E-state index contributed by atoms with van der Waals surface area (Å²) >= 11 is 1.22. The highest BCUT2D eigenvalue weighted by atomic mass is 32.2. The number of hydrogen-bond acceptors (Lipinski definition) is 4. The van der Waals surface area contributed by atoms with Gasteiger partial charge in [-0.05, 0) is 40.5 Å². The molecule has 0 saturated carbocycles. The van der Waals surface area contributed by atoms with E-state index in [1.54, 1.807) is 13.2 Å². The molecular weight excluding hydrogens is 378 g/mol. The summed E-state index contributed by atoms with van der Waals surface area (Å²) in [6.07, 6.45) is 1.68. The number of nitriles is 1. The smallest absolute Gasteiger partial charge is 0.213 e. The monoisotopic (exact) mass is 397 g/mol. The fourth-order valence-electron chi connectivity index (χ4n) is 3.86. The van der Waals surface area contributed by atoms with Crippen LogP contribution in [0.4, 0.5) is 0 Å². The van der Waals surface area contributed by atoms with Crippen molar-refractivity contribution in [1.82, 2.24) is 0 Å². The third-order valence-corrected chi connectivity index (χ3v) is 6.53. The van der Waals surface area contributed by atoms with Crippen LogP contribution in [0.5, 0.6) is 5.75 Å². The van der Waals surface area contributed by atoms with E-state index < -0.39 is 10.7 Å². The largest absolute Gasteiger partial charge is 0.497 e. The molecule has 0 amide bonds. The summed E-state index contributed by atoms with van der Waals surface area (Å²) in [5.74, 6) is 0.173. The van der Waals surface area contributed by atoms with Gasteiger partial charge in [0.05, 0.1) is 23.8 Å². The van der Waals surface area contributed by atoms with Gasteiger partial charge in [-0.15, -0.1) is 0 Å². The van der Waals surface area contributed by atoms with Gasteiger partial charge >= 0.3 is 0 Å². The molecule has 1 heterocycles. The van der Waals surface area contributed by atoms with Gasteiger partial charge in [-0.3, -0.25) is 4.79 Å². The number of carbonyl (C=O) groups excluding carboxylic acids is 1. The highest BCUT2D eigenvalue weighted by Crippen LogP contribution is 2.59. The molecule has 0 bridgehead atoms. The minimum Gasteiger partial charge on any atom is -0.497 e. The Balaban J connectivity index is 1.95. The van der Waals surface area contributed by atoms with Gasteiger partial charge in [0, 0.05) is 0 Å². The van der Waals surface area contributed by atoms with Crippen molar-refractivity contribution in [1.29, 1.82) is 5.26 Å². The van der Waals surface area contributed by atoms with Gasteiger partial charge in [0.2, 0.25) is 5.12 Å². The van der Waals surface area contributed by atoms with Crippen LogP contribution in [0.1, 0.15) is 22.6 Å². The zero-order valence-corrected chi connectivity index (χ0v) is 16.7. The molecule has 0 spiro atoms. The van der Waals surface area contributed by atoms with Crippen LogP contribution in [0, 0.1) is 11.3 Å². The number of benzene rings is 3. The molecule has 142 valence electrons. The highest BCUT2D eigenvalue weighted by Gasteiger charge is 2.51. The van der Waals surface area contributed by atoms with Crippen LogP contribution in [0.25, 0.3) is 5.57 Å². The van der Waals surface area contributed by atoms with Crippen molar-refractivity contribution >= 4 is 22.5 Å². The number of carbonyl (C=O) groups is 1. The molecule has 0 aromatic heterocycles. The van der Waals surface area contributed by atoms with Crippen LogP contribution in [-0.4, -0.2) is 12.2 Å². The van der Waals surface area contributed by atoms with Crippen molar-refractivity contribution in [2.75, 3.05) is 7.11 Å². The first-order chi connectivity index (χ1) is 14.2. The highest BCUT2D eigenvalue weighted by molar-refractivity contribution is 8.15. The van der Waals surface area contributed by atoms with E-state index in [1.165, 1.54) is 11.8 Å². The summed E-state index contributed by atoms with van der Waals surface area (Å²) in [6.45, 7) is 0. The van der Waals surface area contributed by atoms with E-state index in [1.807, 2.05) is 84.9 Å². The van der Waals surface area contributed by atoms with Crippen LogP contribution in [0.2, 0.25) is 0 Å². The predicted octanol–water partition coefficient (Wildman–Crippen LogP) is 5.55. The first-order valence-corrected chi connectivity index (χ1v) is 10.1. The maximum absolute atomic E-state index is 12.7. The number of thioether (sulfide) groups is 1. The first-order valence-electron chi connectivity index (χ1n) is 9.28. The molecule has 0 aliphatic carbocycles. The van der Waals surface area contributed by atoms with Crippen LogP contribution < -0.4 is 4.74 Å². The second-order valence-electron chi connectivity index (χ2n) is 6.78. The Morgan fingerprint density at radius 2 is 1.55 bits per heavy atom. The third kappa shape index (κ3) is 3.35. The van der Waals surface area contributed by atoms with Crippen molar-refractivity contribution in [3.63, 3.8) is 0 Å². The molecule has 0 saturated heterocycles. The molecule has 1 aliphatic heterocycles. The van der Waals surface area contributed by atoms with Crippen molar-refractivity contribution in [2.24, 2.45) is 0 Å². The van der Waals surface area contributed by atoms with Gasteiger partial charge in [-0.25, -0.2) is 0 Å². The topological polar surface area (TPSA) is 50.1 Å². The van der Waals surface area contributed by atoms with E-state index in [2.05, 4.69) is 6.07 Å². The molecular formula is C25H19NO2S. The lowest BCUT2D eigenvalue weighted by Gasteiger charge is -2.36. The molecule has 4 heteroatoms. The average Bonchev–Trinajstić information content (AvgIpc) is 3.14. The van der Waals surface area contributed by atoms with Gasteiger partial charge in [-0.1, -0.05) is 84.6 Å². The van der Waals surface area contributed by atoms with E-state index in [0.717, 1.165) is 28.0 Å². The van der Waals surface area contributed by atoms with Crippen molar-refractivity contribution in [2.45, 2.75) is 10.7 Å². The van der Waals surface area contributed by atoms with E-state index in [4.69, 9.17) is 4.74 Å². The molecule has 0 fully saturated rings. The summed E-state index contributed by atoms with van der Waals surface area (Å²) in [4.78, 5) is 12.7. The van der Waals surface area contributed by atoms with E-state index in [0.29, 0.717) is 0 Å². The molecule has 3 nitrogen and oxygen atoms in total. The predicted molar refractivity (Wildman–Crippen MR) is 116 cm³/mol. The lowest BCUT2D eigenvalue weighted by atomic mass is 9.74. The Kier molecular flexibility index (Phi) is 5.24. The molecule has 3 aromatic rings. The van der Waals surface area contributed by atoms with Crippen molar-refractivity contribution < 1.29 is 9.53 Å². The molecule has 3 aromatic carbocycles. The van der Waals surface area contributed by atoms with E-state index >= 15 is 0 Å². The average molecular weight is 397 g/mol. The summed E-state index contributed by atoms with van der Waals surface area (Å²) in [5, 5.41) is 10.3.